The number of hydrogen-bond acceptors (Lipinski definition) is 2. The van der Waals surface area contributed by atoms with Crippen LogP contribution in [0.3, 0.4) is 0 Å². The molecular formula is C16H23NOS. The number of hydrogen-bond donors (Lipinski definition) is 1. The number of rotatable bonds is 6. The van der Waals surface area contributed by atoms with Crippen molar-refractivity contribution in [2.24, 2.45) is 5.92 Å². The van der Waals surface area contributed by atoms with Crippen molar-refractivity contribution in [1.29, 1.82) is 0 Å². The molecule has 0 radical (unpaired) electrons. The van der Waals surface area contributed by atoms with Gasteiger partial charge in [0.15, 0.2) is 0 Å². The number of amides is 1. The topological polar surface area (TPSA) is 20.3 Å². The molecule has 0 aromatic heterocycles. The molecule has 1 aliphatic carbocycles. The molecule has 1 aromatic rings. The van der Waals surface area contributed by atoms with Crippen LogP contribution in [0.2, 0.25) is 0 Å². The molecule has 0 N–H and O–H groups in total. The fraction of sp³-hybridized carbons (Fsp3) is 0.562. The maximum atomic E-state index is 12.5. The summed E-state index contributed by atoms with van der Waals surface area (Å²) in [5.41, 5.74) is 1.18. The van der Waals surface area contributed by atoms with Crippen molar-refractivity contribution in [3.63, 3.8) is 0 Å². The van der Waals surface area contributed by atoms with Gasteiger partial charge in [-0.15, -0.1) is 0 Å². The summed E-state index contributed by atoms with van der Waals surface area (Å²) in [5, 5.41) is -0.221. The van der Waals surface area contributed by atoms with Crippen LogP contribution in [0.25, 0.3) is 0 Å². The molecular weight excluding hydrogens is 254 g/mol. The second-order valence-corrected chi connectivity index (χ2v) is 6.44. The molecule has 1 unspecified atom stereocenters. The lowest BCUT2D eigenvalue weighted by molar-refractivity contribution is -0.131. The molecule has 0 aliphatic heterocycles. The van der Waals surface area contributed by atoms with E-state index >= 15 is 0 Å². The molecule has 1 fully saturated rings. The molecule has 2 rings (SSSR count). The van der Waals surface area contributed by atoms with E-state index in [4.69, 9.17) is 0 Å². The van der Waals surface area contributed by atoms with E-state index in [0.717, 1.165) is 19.4 Å². The first-order valence-electron chi connectivity index (χ1n) is 7.10. The molecule has 0 saturated heterocycles. The van der Waals surface area contributed by atoms with Gasteiger partial charge in [-0.05, 0) is 30.7 Å². The van der Waals surface area contributed by atoms with Crippen LogP contribution >= 0.6 is 12.6 Å². The maximum absolute atomic E-state index is 12.5. The van der Waals surface area contributed by atoms with Gasteiger partial charge in [0.25, 0.3) is 0 Å². The molecule has 3 heteroatoms. The number of carbonyl (C=O) groups excluding carboxylic acids is 1. The third kappa shape index (κ3) is 4.27. The largest absolute Gasteiger partial charge is 0.338 e. The second-order valence-electron chi connectivity index (χ2n) is 5.82. The molecule has 104 valence electrons. The molecule has 1 atom stereocenters. The average Bonchev–Trinajstić information content (AvgIpc) is 3.20. The van der Waals surface area contributed by atoms with E-state index in [2.05, 4.69) is 38.6 Å². The maximum Gasteiger partial charge on any atom is 0.236 e. The lowest BCUT2D eigenvalue weighted by atomic mass is 10.1. The average molecular weight is 277 g/mol. The van der Waals surface area contributed by atoms with Crippen molar-refractivity contribution in [2.45, 2.75) is 44.4 Å². The Balaban J connectivity index is 1.96. The minimum absolute atomic E-state index is 0.198. The third-order valence-electron chi connectivity index (χ3n) is 3.39. The summed E-state index contributed by atoms with van der Waals surface area (Å²) < 4.78 is 0. The number of thiol groups is 1. The predicted molar refractivity (Wildman–Crippen MR) is 82.5 cm³/mol. The molecule has 1 aromatic carbocycles. The van der Waals surface area contributed by atoms with E-state index in [-0.39, 0.29) is 11.2 Å². The highest BCUT2D eigenvalue weighted by Crippen LogP contribution is 2.29. The van der Waals surface area contributed by atoms with E-state index in [1.807, 2.05) is 23.1 Å². The second kappa shape index (κ2) is 6.47. The van der Waals surface area contributed by atoms with Crippen LogP contribution < -0.4 is 0 Å². The zero-order chi connectivity index (χ0) is 13.8. The Morgan fingerprint density at radius 1 is 1.32 bits per heavy atom. The Morgan fingerprint density at radius 3 is 2.47 bits per heavy atom. The van der Waals surface area contributed by atoms with Gasteiger partial charge in [-0.1, -0.05) is 44.2 Å². The molecule has 1 aliphatic rings. The van der Waals surface area contributed by atoms with E-state index in [1.165, 1.54) is 5.56 Å². The van der Waals surface area contributed by atoms with Crippen LogP contribution in [0, 0.1) is 5.92 Å². The summed E-state index contributed by atoms with van der Waals surface area (Å²) in [6, 6.07) is 10.6. The molecule has 0 heterocycles. The zero-order valence-corrected chi connectivity index (χ0v) is 12.6. The molecule has 19 heavy (non-hydrogen) atoms. The van der Waals surface area contributed by atoms with Crippen molar-refractivity contribution in [3.8, 4) is 0 Å². The summed E-state index contributed by atoms with van der Waals surface area (Å²) in [4.78, 5) is 14.6. The van der Waals surface area contributed by atoms with Crippen LogP contribution in [-0.4, -0.2) is 28.6 Å². The van der Waals surface area contributed by atoms with Gasteiger partial charge in [0, 0.05) is 12.6 Å². The third-order valence-corrected chi connectivity index (χ3v) is 3.79. The minimum atomic E-state index is -0.221. The number of carbonyl (C=O) groups is 1. The highest BCUT2D eigenvalue weighted by molar-refractivity contribution is 7.81. The van der Waals surface area contributed by atoms with Crippen LogP contribution in [0.1, 0.15) is 32.3 Å². The van der Waals surface area contributed by atoms with E-state index in [0.29, 0.717) is 18.4 Å². The Kier molecular flexibility index (Phi) is 4.92. The lowest BCUT2D eigenvalue weighted by Gasteiger charge is -2.27. The smallest absolute Gasteiger partial charge is 0.236 e. The van der Waals surface area contributed by atoms with Crippen LogP contribution in [0.4, 0.5) is 0 Å². The first-order chi connectivity index (χ1) is 9.08. The summed E-state index contributed by atoms with van der Waals surface area (Å²) in [6.45, 7) is 5.18. The van der Waals surface area contributed by atoms with Crippen molar-refractivity contribution in [3.05, 3.63) is 35.9 Å². The lowest BCUT2D eigenvalue weighted by Crippen LogP contribution is -2.41. The van der Waals surface area contributed by atoms with Crippen molar-refractivity contribution >= 4 is 18.5 Å². The normalized spacial score (nSPS) is 16.4. The van der Waals surface area contributed by atoms with E-state index in [9.17, 15) is 4.79 Å². The van der Waals surface area contributed by atoms with E-state index < -0.39 is 0 Å². The van der Waals surface area contributed by atoms with Crippen molar-refractivity contribution < 1.29 is 4.79 Å². The summed E-state index contributed by atoms with van der Waals surface area (Å²) >= 11 is 4.53. The molecule has 0 spiro atoms. The summed E-state index contributed by atoms with van der Waals surface area (Å²) in [5.74, 6) is 0.713. The van der Waals surface area contributed by atoms with Gasteiger partial charge in [0.2, 0.25) is 5.91 Å². The minimum Gasteiger partial charge on any atom is -0.338 e. The molecule has 0 bridgehead atoms. The number of nitrogens with zero attached hydrogens (tertiary/aromatic N) is 1. The monoisotopic (exact) mass is 277 g/mol. The highest BCUT2D eigenvalue weighted by Gasteiger charge is 2.34. The zero-order valence-electron chi connectivity index (χ0n) is 11.7. The van der Waals surface area contributed by atoms with Gasteiger partial charge < -0.3 is 4.90 Å². The van der Waals surface area contributed by atoms with Gasteiger partial charge >= 0.3 is 0 Å². The summed E-state index contributed by atoms with van der Waals surface area (Å²) in [6.07, 6.45) is 3.03. The van der Waals surface area contributed by atoms with Crippen LogP contribution in [-0.2, 0) is 11.2 Å². The van der Waals surface area contributed by atoms with Crippen LogP contribution in [0.15, 0.2) is 30.3 Å². The van der Waals surface area contributed by atoms with Gasteiger partial charge in [-0.3, -0.25) is 4.79 Å². The summed E-state index contributed by atoms with van der Waals surface area (Å²) in [7, 11) is 0. The quantitative estimate of drug-likeness (QED) is 0.792. The van der Waals surface area contributed by atoms with Gasteiger partial charge in [-0.2, -0.15) is 12.6 Å². The first kappa shape index (κ1) is 14.4. The van der Waals surface area contributed by atoms with E-state index in [1.54, 1.807) is 0 Å². The first-order valence-corrected chi connectivity index (χ1v) is 7.62. The fourth-order valence-electron chi connectivity index (χ4n) is 2.31. The standard InChI is InChI=1S/C16H23NOS/c1-12(2)11-17(14-8-9-14)16(18)15(19)10-13-6-4-3-5-7-13/h3-7,12,14-15,19H,8-11H2,1-2H3. The molecule has 2 nitrogen and oxygen atoms in total. The molecule has 1 saturated carbocycles. The number of benzene rings is 1. The Labute approximate surface area is 121 Å². The fourth-order valence-corrected chi connectivity index (χ4v) is 2.67. The van der Waals surface area contributed by atoms with Gasteiger partial charge in [0.1, 0.15) is 0 Å². The van der Waals surface area contributed by atoms with Crippen molar-refractivity contribution in [2.75, 3.05) is 6.54 Å². The Bertz CT molecular complexity index is 414. The predicted octanol–water partition coefficient (Wildman–Crippen LogP) is 3.17. The molecule has 1 amide bonds. The highest BCUT2D eigenvalue weighted by atomic mass is 32.1. The van der Waals surface area contributed by atoms with Crippen LogP contribution in [0.5, 0.6) is 0 Å². The SMILES string of the molecule is CC(C)CN(C(=O)C(S)Cc1ccccc1)C1CC1. The van der Waals surface area contributed by atoms with Gasteiger partial charge in [-0.25, -0.2) is 0 Å². The van der Waals surface area contributed by atoms with Gasteiger partial charge in [0.05, 0.1) is 5.25 Å². The Morgan fingerprint density at radius 2 is 1.95 bits per heavy atom. The Hall–Kier alpha value is -0.960. The van der Waals surface area contributed by atoms with Crippen molar-refractivity contribution in [1.82, 2.24) is 4.90 Å².